The Kier molecular flexibility index (Phi) is 6.96. The number of sulfonamides is 1. The SMILES string of the molecule is N#Cc1ccccc1NC(=O)COC(=O)c1cc(S(=O)(=O)N2CCOCC2)ccc1F. The van der Waals surface area contributed by atoms with Gasteiger partial charge in [-0.05, 0) is 30.3 Å². The normalized spacial score (nSPS) is 14.5. The lowest BCUT2D eigenvalue weighted by Crippen LogP contribution is -2.40. The predicted octanol–water partition coefficient (Wildman–Crippen LogP) is 1.51. The van der Waals surface area contributed by atoms with Crippen molar-refractivity contribution in [3.63, 3.8) is 0 Å². The molecule has 1 amide bonds. The summed E-state index contributed by atoms with van der Waals surface area (Å²) in [4.78, 5) is 24.0. The van der Waals surface area contributed by atoms with Crippen LogP contribution in [0.15, 0.2) is 47.4 Å². The highest BCUT2D eigenvalue weighted by atomic mass is 32.2. The third-order valence-electron chi connectivity index (χ3n) is 4.42. The van der Waals surface area contributed by atoms with Crippen LogP contribution >= 0.6 is 0 Å². The maximum atomic E-state index is 14.2. The van der Waals surface area contributed by atoms with Crippen molar-refractivity contribution in [1.82, 2.24) is 4.31 Å². The number of para-hydroxylation sites is 1. The van der Waals surface area contributed by atoms with Gasteiger partial charge in [-0.3, -0.25) is 4.79 Å². The van der Waals surface area contributed by atoms with Crippen LogP contribution in [0, 0.1) is 17.1 Å². The number of nitrogens with zero attached hydrogens (tertiary/aromatic N) is 2. The molecule has 2 aromatic rings. The summed E-state index contributed by atoms with van der Waals surface area (Å²) in [5.41, 5.74) is -0.162. The van der Waals surface area contributed by atoms with Gasteiger partial charge in [-0.25, -0.2) is 17.6 Å². The fourth-order valence-electron chi connectivity index (χ4n) is 2.84. The molecule has 0 bridgehead atoms. The van der Waals surface area contributed by atoms with Crippen molar-refractivity contribution in [2.45, 2.75) is 4.90 Å². The van der Waals surface area contributed by atoms with Crippen LogP contribution in [0.5, 0.6) is 0 Å². The molecule has 1 saturated heterocycles. The van der Waals surface area contributed by atoms with E-state index in [-0.39, 0.29) is 42.4 Å². The average molecular weight is 447 g/mol. The summed E-state index contributed by atoms with van der Waals surface area (Å²) in [6.45, 7) is 0.00483. The molecule has 0 spiro atoms. The number of nitriles is 1. The molecule has 1 aliphatic heterocycles. The molecule has 0 atom stereocenters. The number of carbonyl (C=O) groups is 2. The fraction of sp³-hybridized carbons (Fsp3) is 0.250. The van der Waals surface area contributed by atoms with Gasteiger partial charge in [-0.1, -0.05) is 12.1 Å². The highest BCUT2D eigenvalue weighted by Gasteiger charge is 2.28. The van der Waals surface area contributed by atoms with Crippen molar-refractivity contribution in [3.05, 3.63) is 59.4 Å². The topological polar surface area (TPSA) is 126 Å². The Morgan fingerprint density at radius 2 is 1.90 bits per heavy atom. The molecular formula is C20H18FN3O6S. The van der Waals surface area contributed by atoms with E-state index in [2.05, 4.69) is 5.32 Å². The summed E-state index contributed by atoms with van der Waals surface area (Å²) < 4.78 is 50.7. The molecule has 11 heteroatoms. The number of nitrogens with one attached hydrogen (secondary N) is 1. The summed E-state index contributed by atoms with van der Waals surface area (Å²) in [5.74, 6) is -2.92. The minimum atomic E-state index is -3.95. The highest BCUT2D eigenvalue weighted by Crippen LogP contribution is 2.21. The Balaban J connectivity index is 1.69. The summed E-state index contributed by atoms with van der Waals surface area (Å²) in [7, 11) is -3.95. The first-order valence-electron chi connectivity index (χ1n) is 9.16. The molecule has 3 rings (SSSR count). The van der Waals surface area contributed by atoms with Gasteiger partial charge in [-0.2, -0.15) is 9.57 Å². The minimum absolute atomic E-state index is 0.143. The molecule has 0 radical (unpaired) electrons. The van der Waals surface area contributed by atoms with Gasteiger partial charge in [0.1, 0.15) is 11.9 Å². The maximum Gasteiger partial charge on any atom is 0.341 e. The molecule has 1 aliphatic rings. The second-order valence-corrected chi connectivity index (χ2v) is 8.38. The first-order chi connectivity index (χ1) is 14.8. The van der Waals surface area contributed by atoms with Gasteiger partial charge in [0.05, 0.1) is 34.9 Å². The first-order valence-corrected chi connectivity index (χ1v) is 10.6. The van der Waals surface area contributed by atoms with E-state index in [4.69, 9.17) is 14.7 Å². The van der Waals surface area contributed by atoms with Crippen molar-refractivity contribution in [2.75, 3.05) is 38.2 Å². The van der Waals surface area contributed by atoms with E-state index in [0.29, 0.717) is 0 Å². The average Bonchev–Trinajstić information content (AvgIpc) is 2.78. The van der Waals surface area contributed by atoms with Gasteiger partial charge >= 0.3 is 5.97 Å². The molecule has 31 heavy (non-hydrogen) atoms. The number of carbonyl (C=O) groups excluding carboxylic acids is 2. The van der Waals surface area contributed by atoms with Crippen molar-refractivity contribution in [3.8, 4) is 6.07 Å². The maximum absolute atomic E-state index is 14.2. The molecular weight excluding hydrogens is 429 g/mol. The number of hydrogen-bond acceptors (Lipinski definition) is 7. The number of hydrogen-bond donors (Lipinski definition) is 1. The lowest BCUT2D eigenvalue weighted by atomic mass is 10.2. The van der Waals surface area contributed by atoms with Crippen LogP contribution in [0.25, 0.3) is 0 Å². The van der Waals surface area contributed by atoms with Crippen LogP contribution in [-0.4, -0.2) is 57.5 Å². The Hall–Kier alpha value is -3.33. The van der Waals surface area contributed by atoms with Gasteiger partial charge in [0.25, 0.3) is 5.91 Å². The third-order valence-corrected chi connectivity index (χ3v) is 6.32. The van der Waals surface area contributed by atoms with E-state index in [1.165, 1.54) is 16.4 Å². The minimum Gasteiger partial charge on any atom is -0.452 e. The van der Waals surface area contributed by atoms with Crippen LogP contribution in [0.1, 0.15) is 15.9 Å². The van der Waals surface area contributed by atoms with E-state index in [1.807, 2.05) is 6.07 Å². The molecule has 2 aromatic carbocycles. The summed E-state index contributed by atoms with van der Waals surface area (Å²) >= 11 is 0. The largest absolute Gasteiger partial charge is 0.452 e. The van der Waals surface area contributed by atoms with Crippen LogP contribution in [0.4, 0.5) is 10.1 Å². The third kappa shape index (κ3) is 5.24. The number of halogens is 1. The van der Waals surface area contributed by atoms with Gasteiger partial charge in [0, 0.05) is 13.1 Å². The summed E-state index contributed by atoms with van der Waals surface area (Å²) in [6, 6.07) is 10.9. The van der Waals surface area contributed by atoms with Gasteiger partial charge in [-0.15, -0.1) is 0 Å². The number of ether oxygens (including phenoxy) is 2. The number of morpholine rings is 1. The fourth-order valence-corrected chi connectivity index (χ4v) is 4.28. The van der Waals surface area contributed by atoms with E-state index in [0.717, 1.165) is 18.2 Å². The van der Waals surface area contributed by atoms with Crippen molar-refractivity contribution >= 4 is 27.6 Å². The molecule has 1 N–H and O–H groups in total. The zero-order chi connectivity index (χ0) is 22.4. The summed E-state index contributed by atoms with van der Waals surface area (Å²) in [6.07, 6.45) is 0. The molecule has 162 valence electrons. The molecule has 1 fully saturated rings. The molecule has 0 aliphatic carbocycles. The van der Waals surface area contributed by atoms with E-state index < -0.39 is 39.9 Å². The number of amides is 1. The smallest absolute Gasteiger partial charge is 0.341 e. The van der Waals surface area contributed by atoms with Crippen LogP contribution in [0.2, 0.25) is 0 Å². The Morgan fingerprint density at radius 1 is 1.19 bits per heavy atom. The zero-order valence-electron chi connectivity index (χ0n) is 16.2. The quantitative estimate of drug-likeness (QED) is 0.665. The second-order valence-electron chi connectivity index (χ2n) is 6.44. The van der Waals surface area contributed by atoms with Crippen molar-refractivity contribution in [1.29, 1.82) is 5.26 Å². The highest BCUT2D eigenvalue weighted by molar-refractivity contribution is 7.89. The predicted molar refractivity (Wildman–Crippen MR) is 106 cm³/mol. The monoisotopic (exact) mass is 447 g/mol. The Labute approximate surface area is 178 Å². The molecule has 0 unspecified atom stereocenters. The number of esters is 1. The van der Waals surface area contributed by atoms with Crippen LogP contribution < -0.4 is 5.32 Å². The van der Waals surface area contributed by atoms with E-state index in [9.17, 15) is 22.4 Å². The summed E-state index contributed by atoms with van der Waals surface area (Å²) in [5, 5.41) is 11.4. The zero-order valence-corrected chi connectivity index (χ0v) is 17.0. The second kappa shape index (κ2) is 9.65. The lowest BCUT2D eigenvalue weighted by Gasteiger charge is -2.26. The molecule has 0 aromatic heterocycles. The van der Waals surface area contributed by atoms with Gasteiger partial charge < -0.3 is 14.8 Å². The van der Waals surface area contributed by atoms with Gasteiger partial charge in [0.15, 0.2) is 6.61 Å². The first kappa shape index (κ1) is 22.4. The number of benzene rings is 2. The number of rotatable bonds is 6. The number of anilines is 1. The van der Waals surface area contributed by atoms with Crippen LogP contribution in [-0.2, 0) is 24.3 Å². The van der Waals surface area contributed by atoms with Crippen molar-refractivity contribution in [2.24, 2.45) is 0 Å². The van der Waals surface area contributed by atoms with Crippen molar-refractivity contribution < 1.29 is 31.9 Å². The molecule has 9 nitrogen and oxygen atoms in total. The Morgan fingerprint density at radius 3 is 2.61 bits per heavy atom. The molecule has 0 saturated carbocycles. The standard InChI is InChI=1S/C20H18FN3O6S/c21-17-6-5-15(31(27,28)24-7-9-29-10-8-24)11-16(17)20(26)30-13-19(25)23-18-4-2-1-3-14(18)12-22/h1-6,11H,7-10,13H2,(H,23,25). The lowest BCUT2D eigenvalue weighted by molar-refractivity contribution is -0.119. The van der Waals surface area contributed by atoms with Gasteiger partial charge in [0.2, 0.25) is 10.0 Å². The Bertz CT molecular complexity index is 1140. The van der Waals surface area contributed by atoms with E-state index >= 15 is 0 Å². The van der Waals surface area contributed by atoms with E-state index in [1.54, 1.807) is 12.1 Å². The molecule has 1 heterocycles. The van der Waals surface area contributed by atoms with Crippen LogP contribution in [0.3, 0.4) is 0 Å².